The molecule has 0 aliphatic heterocycles. The number of hydrogen-bond acceptors (Lipinski definition) is 5. The standard InChI is InChI=1S/C22H32N4O2S/c1-4-6-7-8-12-15-18(27)23-19(16(3)5-2)20(28)24-22-26-25-21(29-22)17-13-10-9-11-14-17/h9-11,13-14,16,19H,4-8,12,15H2,1-3H3,(H,23,27)(H,24,26,28). The zero-order chi connectivity index (χ0) is 21.1. The van der Waals surface area contributed by atoms with Gasteiger partial charge >= 0.3 is 0 Å². The van der Waals surface area contributed by atoms with E-state index in [9.17, 15) is 9.59 Å². The van der Waals surface area contributed by atoms with Crippen LogP contribution < -0.4 is 10.6 Å². The van der Waals surface area contributed by atoms with Crippen molar-refractivity contribution in [3.05, 3.63) is 30.3 Å². The van der Waals surface area contributed by atoms with Crippen LogP contribution in [0.1, 0.15) is 65.7 Å². The number of benzene rings is 1. The van der Waals surface area contributed by atoms with Crippen LogP contribution in [0.5, 0.6) is 0 Å². The van der Waals surface area contributed by atoms with Gasteiger partial charge in [-0.05, 0) is 12.3 Å². The normalized spacial score (nSPS) is 12.9. The molecule has 2 aromatic rings. The van der Waals surface area contributed by atoms with Crippen molar-refractivity contribution in [2.24, 2.45) is 5.92 Å². The number of anilines is 1. The van der Waals surface area contributed by atoms with Crippen molar-refractivity contribution in [1.82, 2.24) is 15.5 Å². The molecule has 29 heavy (non-hydrogen) atoms. The number of nitrogens with zero attached hydrogens (tertiary/aromatic N) is 2. The third-order valence-electron chi connectivity index (χ3n) is 5.00. The van der Waals surface area contributed by atoms with Crippen molar-refractivity contribution in [2.75, 3.05) is 5.32 Å². The van der Waals surface area contributed by atoms with E-state index in [-0.39, 0.29) is 17.7 Å². The van der Waals surface area contributed by atoms with E-state index in [0.29, 0.717) is 11.6 Å². The summed E-state index contributed by atoms with van der Waals surface area (Å²) in [5, 5.41) is 15.2. The van der Waals surface area contributed by atoms with Gasteiger partial charge in [-0.15, -0.1) is 10.2 Å². The quantitative estimate of drug-likeness (QED) is 0.475. The lowest BCUT2D eigenvalue weighted by Crippen LogP contribution is -2.47. The zero-order valence-corrected chi connectivity index (χ0v) is 18.4. The van der Waals surface area contributed by atoms with Crippen LogP contribution in [0.3, 0.4) is 0 Å². The highest BCUT2D eigenvalue weighted by Crippen LogP contribution is 2.26. The van der Waals surface area contributed by atoms with E-state index < -0.39 is 6.04 Å². The predicted molar refractivity (Wildman–Crippen MR) is 119 cm³/mol. The highest BCUT2D eigenvalue weighted by Gasteiger charge is 2.26. The molecule has 0 saturated carbocycles. The van der Waals surface area contributed by atoms with Crippen molar-refractivity contribution in [2.45, 2.75) is 71.8 Å². The minimum absolute atomic E-state index is 0.0283. The summed E-state index contributed by atoms with van der Waals surface area (Å²) in [5.74, 6) is -0.279. The van der Waals surface area contributed by atoms with Crippen LogP contribution in [-0.2, 0) is 9.59 Å². The Bertz CT molecular complexity index is 763. The first kappa shape index (κ1) is 23.0. The fraction of sp³-hybridized carbons (Fsp3) is 0.545. The van der Waals surface area contributed by atoms with Crippen molar-refractivity contribution >= 4 is 28.3 Å². The summed E-state index contributed by atoms with van der Waals surface area (Å²) in [6.45, 7) is 6.16. The highest BCUT2D eigenvalue weighted by atomic mass is 32.1. The summed E-state index contributed by atoms with van der Waals surface area (Å²) in [7, 11) is 0. The summed E-state index contributed by atoms with van der Waals surface area (Å²) < 4.78 is 0. The monoisotopic (exact) mass is 416 g/mol. The Morgan fingerprint density at radius 1 is 1.03 bits per heavy atom. The summed E-state index contributed by atoms with van der Waals surface area (Å²) in [6.07, 6.45) is 6.69. The van der Waals surface area contributed by atoms with Gasteiger partial charge < -0.3 is 5.32 Å². The molecule has 2 rings (SSSR count). The number of carbonyl (C=O) groups excluding carboxylic acids is 2. The van der Waals surface area contributed by atoms with Gasteiger partial charge in [0.2, 0.25) is 16.9 Å². The molecular formula is C22H32N4O2S. The molecule has 0 radical (unpaired) electrons. The second-order valence-electron chi connectivity index (χ2n) is 7.36. The predicted octanol–water partition coefficient (Wildman–Crippen LogP) is 5.04. The summed E-state index contributed by atoms with van der Waals surface area (Å²) in [6, 6.07) is 9.14. The van der Waals surface area contributed by atoms with Crippen LogP contribution in [0.25, 0.3) is 10.6 Å². The molecule has 0 bridgehead atoms. The molecule has 158 valence electrons. The van der Waals surface area contributed by atoms with Gasteiger partial charge in [-0.1, -0.05) is 94.5 Å². The number of rotatable bonds is 12. The average Bonchev–Trinajstić information content (AvgIpc) is 3.20. The lowest BCUT2D eigenvalue weighted by atomic mass is 9.98. The molecule has 2 unspecified atom stereocenters. The maximum atomic E-state index is 12.8. The van der Waals surface area contributed by atoms with Crippen LogP contribution in [0.2, 0.25) is 0 Å². The SMILES string of the molecule is CCCCCCCC(=O)NC(C(=O)Nc1nnc(-c2ccccc2)s1)C(C)CC. The van der Waals surface area contributed by atoms with Crippen LogP contribution in [0, 0.1) is 5.92 Å². The second kappa shape index (κ2) is 12.3. The number of amides is 2. The Kier molecular flexibility index (Phi) is 9.77. The van der Waals surface area contributed by atoms with Crippen LogP contribution in [-0.4, -0.2) is 28.1 Å². The van der Waals surface area contributed by atoms with E-state index in [4.69, 9.17) is 0 Å². The molecule has 1 aromatic heterocycles. The average molecular weight is 417 g/mol. The summed E-state index contributed by atoms with van der Waals surface area (Å²) >= 11 is 1.32. The first-order valence-electron chi connectivity index (χ1n) is 10.5. The Labute approximate surface area is 177 Å². The van der Waals surface area contributed by atoms with Gasteiger partial charge in [0.25, 0.3) is 0 Å². The van der Waals surface area contributed by atoms with Gasteiger partial charge in [0.05, 0.1) is 0 Å². The van der Waals surface area contributed by atoms with E-state index in [2.05, 4.69) is 27.8 Å². The molecule has 1 aromatic carbocycles. The number of aromatic nitrogens is 2. The van der Waals surface area contributed by atoms with Crippen molar-refractivity contribution < 1.29 is 9.59 Å². The van der Waals surface area contributed by atoms with E-state index in [1.807, 2.05) is 44.2 Å². The highest BCUT2D eigenvalue weighted by molar-refractivity contribution is 7.18. The maximum Gasteiger partial charge on any atom is 0.249 e. The third-order valence-corrected chi connectivity index (χ3v) is 5.88. The number of unbranched alkanes of at least 4 members (excludes halogenated alkanes) is 4. The third kappa shape index (κ3) is 7.57. The van der Waals surface area contributed by atoms with Gasteiger partial charge in [0, 0.05) is 12.0 Å². The van der Waals surface area contributed by atoms with Crippen molar-refractivity contribution in [3.8, 4) is 10.6 Å². The molecule has 0 fully saturated rings. The lowest BCUT2D eigenvalue weighted by Gasteiger charge is -2.23. The topological polar surface area (TPSA) is 84.0 Å². The molecule has 2 atom stereocenters. The molecule has 0 spiro atoms. The Morgan fingerprint density at radius 3 is 2.45 bits per heavy atom. The molecule has 6 nitrogen and oxygen atoms in total. The van der Waals surface area contributed by atoms with Gasteiger partial charge in [-0.3, -0.25) is 14.9 Å². The summed E-state index contributed by atoms with van der Waals surface area (Å²) in [4.78, 5) is 25.2. The van der Waals surface area contributed by atoms with Crippen LogP contribution >= 0.6 is 11.3 Å². The van der Waals surface area contributed by atoms with Gasteiger partial charge in [-0.25, -0.2) is 0 Å². The fourth-order valence-electron chi connectivity index (χ4n) is 2.99. The number of nitrogens with one attached hydrogen (secondary N) is 2. The number of carbonyl (C=O) groups is 2. The van der Waals surface area contributed by atoms with Gasteiger partial charge in [-0.2, -0.15) is 0 Å². The van der Waals surface area contributed by atoms with E-state index >= 15 is 0 Å². The molecule has 2 N–H and O–H groups in total. The van der Waals surface area contributed by atoms with E-state index in [1.165, 1.54) is 24.2 Å². The van der Waals surface area contributed by atoms with Gasteiger partial charge in [0.1, 0.15) is 11.0 Å². The van der Waals surface area contributed by atoms with Crippen LogP contribution in [0.15, 0.2) is 30.3 Å². The van der Waals surface area contributed by atoms with E-state index in [1.54, 1.807) is 0 Å². The molecule has 0 saturated heterocycles. The fourth-order valence-corrected chi connectivity index (χ4v) is 3.74. The lowest BCUT2D eigenvalue weighted by molar-refractivity contribution is -0.127. The molecular weight excluding hydrogens is 384 g/mol. The first-order valence-corrected chi connectivity index (χ1v) is 11.4. The number of hydrogen-bond donors (Lipinski definition) is 2. The smallest absolute Gasteiger partial charge is 0.249 e. The Hall–Kier alpha value is -2.28. The van der Waals surface area contributed by atoms with E-state index in [0.717, 1.165) is 36.3 Å². The Balaban J connectivity index is 1.93. The molecule has 0 aliphatic carbocycles. The molecule has 7 heteroatoms. The molecule has 2 amide bonds. The van der Waals surface area contributed by atoms with Crippen molar-refractivity contribution in [1.29, 1.82) is 0 Å². The zero-order valence-electron chi connectivity index (χ0n) is 17.6. The van der Waals surface area contributed by atoms with Crippen LogP contribution in [0.4, 0.5) is 5.13 Å². The minimum atomic E-state index is -0.577. The van der Waals surface area contributed by atoms with Crippen molar-refractivity contribution in [3.63, 3.8) is 0 Å². The first-order chi connectivity index (χ1) is 14.0. The largest absolute Gasteiger partial charge is 0.344 e. The second-order valence-corrected chi connectivity index (χ2v) is 8.34. The molecule has 1 heterocycles. The maximum absolute atomic E-state index is 12.8. The minimum Gasteiger partial charge on any atom is -0.344 e. The summed E-state index contributed by atoms with van der Waals surface area (Å²) in [5.41, 5.74) is 0.959. The van der Waals surface area contributed by atoms with Gasteiger partial charge in [0.15, 0.2) is 0 Å². The Morgan fingerprint density at radius 2 is 1.76 bits per heavy atom. The molecule has 0 aliphatic rings.